The van der Waals surface area contributed by atoms with Gasteiger partial charge in [-0.3, -0.25) is 9.69 Å². The fourth-order valence-corrected chi connectivity index (χ4v) is 5.66. The minimum Gasteiger partial charge on any atom is -0.388 e. The van der Waals surface area contributed by atoms with E-state index in [0.717, 1.165) is 64.1 Å². The van der Waals surface area contributed by atoms with Crippen molar-refractivity contribution in [3.05, 3.63) is 35.4 Å². The number of aryl methyl sites for hydroxylation is 2. The molecule has 0 bridgehead atoms. The third-order valence-electron chi connectivity index (χ3n) is 8.10. The van der Waals surface area contributed by atoms with E-state index in [0.29, 0.717) is 11.8 Å². The molecule has 258 valence electrons. The van der Waals surface area contributed by atoms with Gasteiger partial charge >= 0.3 is 0 Å². The number of amides is 1. The van der Waals surface area contributed by atoms with E-state index in [9.17, 15) is 9.59 Å². The summed E-state index contributed by atoms with van der Waals surface area (Å²) in [5.41, 5.74) is 2.86. The molecule has 1 aliphatic heterocycles. The molecule has 2 unspecified atom stereocenters. The quantitative estimate of drug-likeness (QED) is 0.259. The Morgan fingerprint density at radius 1 is 1.00 bits per heavy atom. The van der Waals surface area contributed by atoms with Crippen molar-refractivity contribution in [2.75, 3.05) is 40.4 Å². The molecule has 1 amide bonds. The van der Waals surface area contributed by atoms with E-state index in [1.54, 1.807) is 14.2 Å². The van der Waals surface area contributed by atoms with Gasteiger partial charge in [-0.15, -0.1) is 0 Å². The summed E-state index contributed by atoms with van der Waals surface area (Å²) in [5.74, 6) is 2.41. The van der Waals surface area contributed by atoms with Gasteiger partial charge < -0.3 is 14.4 Å². The van der Waals surface area contributed by atoms with Crippen molar-refractivity contribution in [1.82, 2.24) is 9.80 Å². The number of benzene rings is 1. The van der Waals surface area contributed by atoms with Gasteiger partial charge in [-0.2, -0.15) is 0 Å². The van der Waals surface area contributed by atoms with Crippen LogP contribution in [0.5, 0.6) is 0 Å². The summed E-state index contributed by atoms with van der Waals surface area (Å²) in [5, 5.41) is 0. The van der Waals surface area contributed by atoms with Crippen molar-refractivity contribution < 1.29 is 14.3 Å². The Balaban J connectivity index is 0. The minimum absolute atomic E-state index is 0.183. The highest BCUT2D eigenvalue weighted by molar-refractivity contribution is 5.79. The molecular weight excluding hydrogens is 544 g/mol. The molecule has 0 radical (unpaired) electrons. The van der Waals surface area contributed by atoms with Crippen molar-refractivity contribution in [2.24, 2.45) is 23.7 Å². The predicted octanol–water partition coefficient (Wildman–Crippen LogP) is 9.78. The van der Waals surface area contributed by atoms with Crippen LogP contribution in [-0.4, -0.2) is 67.9 Å². The summed E-state index contributed by atoms with van der Waals surface area (Å²) >= 11 is 0. The summed E-state index contributed by atoms with van der Waals surface area (Å²) in [6.07, 6.45) is 12.3. The molecule has 1 aromatic carbocycles. The maximum atomic E-state index is 12.7. The van der Waals surface area contributed by atoms with Gasteiger partial charge in [0.05, 0.1) is 5.92 Å². The first-order valence-corrected chi connectivity index (χ1v) is 17.7. The summed E-state index contributed by atoms with van der Waals surface area (Å²) in [4.78, 5) is 27.7. The van der Waals surface area contributed by atoms with Crippen molar-refractivity contribution in [1.29, 1.82) is 0 Å². The summed E-state index contributed by atoms with van der Waals surface area (Å²) < 4.78 is 4.25. The number of ether oxygens (including phenoxy) is 1. The Kier molecular flexibility index (Phi) is 26.7. The highest BCUT2D eigenvalue weighted by atomic mass is 16.4. The molecule has 5 heteroatoms. The average molecular weight is 619 g/mol. The van der Waals surface area contributed by atoms with Gasteiger partial charge in [0.25, 0.3) is 0 Å². The zero-order valence-corrected chi connectivity index (χ0v) is 31.5. The van der Waals surface area contributed by atoms with E-state index < -0.39 is 0 Å². The van der Waals surface area contributed by atoms with Crippen LogP contribution in [0.1, 0.15) is 131 Å². The summed E-state index contributed by atoms with van der Waals surface area (Å²) in [7, 11) is 3.25. The molecule has 1 saturated carbocycles. The van der Waals surface area contributed by atoms with Crippen molar-refractivity contribution in [2.45, 2.75) is 139 Å². The first-order chi connectivity index (χ1) is 20.8. The fourth-order valence-electron chi connectivity index (χ4n) is 5.66. The zero-order chi connectivity index (χ0) is 34.1. The van der Waals surface area contributed by atoms with Gasteiger partial charge in [-0.1, -0.05) is 109 Å². The Hall–Kier alpha value is -1.72. The van der Waals surface area contributed by atoms with E-state index in [4.69, 9.17) is 0 Å². The number of nitrogens with zero attached hydrogens (tertiary/aromatic N) is 2. The number of hydrogen-bond acceptors (Lipinski definition) is 4. The highest BCUT2D eigenvalue weighted by Gasteiger charge is 2.35. The molecule has 44 heavy (non-hydrogen) atoms. The van der Waals surface area contributed by atoms with Gasteiger partial charge in [-0.25, -0.2) is 0 Å². The molecule has 0 aromatic heterocycles. The molecule has 2 fully saturated rings. The lowest BCUT2D eigenvalue weighted by Crippen LogP contribution is -2.42. The second-order valence-corrected chi connectivity index (χ2v) is 14.0. The number of rotatable bonds is 9. The maximum absolute atomic E-state index is 12.7. The van der Waals surface area contributed by atoms with Crippen LogP contribution in [0.3, 0.4) is 0 Å². The maximum Gasteiger partial charge on any atom is 0.227 e. The van der Waals surface area contributed by atoms with Gasteiger partial charge in [0.2, 0.25) is 5.91 Å². The van der Waals surface area contributed by atoms with Crippen LogP contribution in [0.15, 0.2) is 24.3 Å². The second kappa shape index (κ2) is 26.5. The zero-order valence-electron chi connectivity index (χ0n) is 31.5. The summed E-state index contributed by atoms with van der Waals surface area (Å²) in [6.45, 7) is 27.4. The Morgan fingerprint density at radius 3 is 1.93 bits per heavy atom. The van der Waals surface area contributed by atoms with Crippen LogP contribution in [-0.2, 0) is 14.3 Å². The van der Waals surface area contributed by atoms with Crippen molar-refractivity contribution >= 4 is 12.2 Å². The monoisotopic (exact) mass is 619 g/mol. The second-order valence-electron chi connectivity index (χ2n) is 14.0. The van der Waals surface area contributed by atoms with E-state index in [1.165, 1.54) is 43.2 Å². The van der Waals surface area contributed by atoms with Gasteiger partial charge in [0, 0.05) is 45.3 Å². The molecule has 3 rings (SSSR count). The number of carbonyl (C=O) groups is 2. The average Bonchev–Trinajstić information content (AvgIpc) is 3.49. The third kappa shape index (κ3) is 21.9. The molecule has 1 aliphatic carbocycles. The van der Waals surface area contributed by atoms with Crippen LogP contribution < -0.4 is 0 Å². The standard InChI is InChI=1S/C17H34N2O.C10H18O.C8H10.C2H6O.C2H6/c1-7-10-18(11-8-14(2)3)16(20)15-9-12-19(13-15)17(4,5)6;1-9(8-11)7-10-5-3-2-4-6-10;1-7-4-3-5-8(2)6-7;1-3-2;1-2/h14-15H,7-13H2,1-6H3;8-10H,2-7H2,1H3;3-6H,1-2H3;1-2H3;1-2H3. The fraction of sp³-hybridized carbons (Fsp3) is 0.795. The van der Waals surface area contributed by atoms with Gasteiger partial charge in [0.15, 0.2) is 0 Å². The van der Waals surface area contributed by atoms with E-state index in [-0.39, 0.29) is 17.4 Å². The number of carbonyl (C=O) groups excluding carboxylic acids is 2. The Bertz CT molecular complexity index is 810. The lowest BCUT2D eigenvalue weighted by Gasteiger charge is -2.32. The van der Waals surface area contributed by atoms with Crippen LogP contribution in [0.4, 0.5) is 0 Å². The van der Waals surface area contributed by atoms with E-state index >= 15 is 0 Å². The molecule has 5 nitrogen and oxygen atoms in total. The molecule has 0 N–H and O–H groups in total. The number of likely N-dealkylation sites (tertiary alicyclic amines) is 1. The summed E-state index contributed by atoms with van der Waals surface area (Å²) in [6, 6.07) is 8.45. The number of hydrogen-bond donors (Lipinski definition) is 0. The topological polar surface area (TPSA) is 49.9 Å². The van der Waals surface area contributed by atoms with Crippen LogP contribution >= 0.6 is 0 Å². The van der Waals surface area contributed by atoms with E-state index in [1.807, 2.05) is 20.8 Å². The smallest absolute Gasteiger partial charge is 0.227 e. The van der Waals surface area contributed by atoms with Gasteiger partial charge in [-0.05, 0) is 78.7 Å². The Morgan fingerprint density at radius 2 is 1.55 bits per heavy atom. The highest BCUT2D eigenvalue weighted by Crippen LogP contribution is 2.28. The molecule has 0 spiro atoms. The van der Waals surface area contributed by atoms with Crippen LogP contribution in [0.25, 0.3) is 0 Å². The number of aldehydes is 1. The molecular formula is C39H74N2O3. The SMILES string of the molecule is CC.CC(C=O)CC1CCCCC1.CCCN(CCC(C)C)C(=O)C1CCN(C(C)(C)C)C1.COC.Cc1cccc(C)c1. The number of methoxy groups -OCH3 is 1. The minimum atomic E-state index is 0.183. The predicted molar refractivity (Wildman–Crippen MR) is 192 cm³/mol. The molecule has 1 heterocycles. The normalized spacial score (nSPS) is 17.4. The molecule has 1 aromatic rings. The molecule has 1 saturated heterocycles. The molecule has 2 atom stereocenters. The first-order valence-electron chi connectivity index (χ1n) is 17.7. The lowest BCUT2D eigenvalue weighted by molar-refractivity contribution is -0.135. The van der Waals surface area contributed by atoms with Crippen LogP contribution in [0, 0.1) is 37.5 Å². The lowest BCUT2D eigenvalue weighted by atomic mass is 9.84. The Labute approximate surface area is 274 Å². The van der Waals surface area contributed by atoms with Crippen LogP contribution in [0.2, 0.25) is 0 Å². The van der Waals surface area contributed by atoms with Crippen molar-refractivity contribution in [3.63, 3.8) is 0 Å². The molecule has 2 aliphatic rings. The first kappa shape index (κ1) is 44.4. The largest absolute Gasteiger partial charge is 0.388 e. The van der Waals surface area contributed by atoms with Gasteiger partial charge in [0.1, 0.15) is 6.29 Å². The third-order valence-corrected chi connectivity index (χ3v) is 8.10. The van der Waals surface area contributed by atoms with E-state index in [2.05, 4.69) is 94.2 Å². The van der Waals surface area contributed by atoms with Crippen molar-refractivity contribution in [3.8, 4) is 0 Å².